The van der Waals surface area contributed by atoms with Gasteiger partial charge in [0.25, 0.3) is 0 Å². The first-order valence-electron chi connectivity index (χ1n) is 6.54. The summed E-state index contributed by atoms with van der Waals surface area (Å²) in [4.78, 5) is 11.6. The number of amides is 1. The number of carbonyl (C=O) groups is 1. The van der Waals surface area contributed by atoms with Crippen LogP contribution in [0.15, 0.2) is 6.07 Å². The molecule has 0 aromatic heterocycles. The summed E-state index contributed by atoms with van der Waals surface area (Å²) in [6, 6.07) is 0.630. The number of hydrogen-bond donors (Lipinski definition) is 2. The lowest BCUT2D eigenvalue weighted by atomic mass is 10.2. The minimum absolute atomic E-state index is 0.403. The maximum atomic E-state index is 13.7. The molecule has 0 radical (unpaired) electrons. The van der Waals surface area contributed by atoms with Gasteiger partial charge in [0.2, 0.25) is 10.0 Å². The summed E-state index contributed by atoms with van der Waals surface area (Å²) < 4.78 is 70.3. The zero-order valence-electron chi connectivity index (χ0n) is 13.0. The van der Waals surface area contributed by atoms with Crippen LogP contribution in [0.3, 0.4) is 0 Å². The molecule has 1 amide bonds. The lowest BCUT2D eigenvalue weighted by Crippen LogP contribution is -2.27. The van der Waals surface area contributed by atoms with Gasteiger partial charge in [-0.25, -0.2) is 26.4 Å². The van der Waals surface area contributed by atoms with Gasteiger partial charge in [0.05, 0.1) is 17.1 Å². The van der Waals surface area contributed by atoms with Gasteiger partial charge in [-0.1, -0.05) is 0 Å². The number of carbonyl (C=O) groups excluding carboxylic acids is 1. The Morgan fingerprint density at radius 3 is 2.13 bits per heavy atom. The first kappa shape index (κ1) is 19.1. The fourth-order valence-corrected chi connectivity index (χ4v) is 2.05. The summed E-state index contributed by atoms with van der Waals surface area (Å²) >= 11 is 0. The molecule has 0 aliphatic carbocycles. The van der Waals surface area contributed by atoms with E-state index in [0.717, 1.165) is 0 Å². The smallest absolute Gasteiger partial charge is 0.412 e. The Balaban J connectivity index is 3.19. The standard InChI is InChI=1S/C13H17F3N2O4S/c1-5-23(20,21)18-8-6-7(9(14)11(16)10(8)15)17-12(19)22-13(2,3)4/h6,18H,5H2,1-4H3,(H,17,19). The molecule has 0 heterocycles. The topological polar surface area (TPSA) is 84.5 Å². The molecule has 10 heteroatoms. The molecule has 0 unspecified atom stereocenters. The summed E-state index contributed by atoms with van der Waals surface area (Å²) in [5.41, 5.74) is -2.48. The van der Waals surface area contributed by atoms with Gasteiger partial charge in [-0.3, -0.25) is 10.0 Å². The Hall–Kier alpha value is -1.97. The number of benzene rings is 1. The molecule has 0 fully saturated rings. The van der Waals surface area contributed by atoms with Crippen molar-refractivity contribution in [2.45, 2.75) is 33.3 Å². The zero-order valence-corrected chi connectivity index (χ0v) is 13.8. The lowest BCUT2D eigenvalue weighted by molar-refractivity contribution is 0.0635. The molecular weight excluding hydrogens is 337 g/mol. The van der Waals surface area contributed by atoms with E-state index < -0.39 is 56.3 Å². The molecule has 0 spiro atoms. The maximum absolute atomic E-state index is 13.7. The van der Waals surface area contributed by atoms with Crippen molar-refractivity contribution >= 4 is 27.5 Å². The Labute approximate surface area is 132 Å². The number of nitrogens with one attached hydrogen (secondary N) is 2. The first-order valence-corrected chi connectivity index (χ1v) is 8.19. The molecule has 0 saturated carbocycles. The second-order valence-corrected chi connectivity index (χ2v) is 7.56. The average Bonchev–Trinajstić information content (AvgIpc) is 2.39. The maximum Gasteiger partial charge on any atom is 0.412 e. The number of rotatable bonds is 4. The van der Waals surface area contributed by atoms with Gasteiger partial charge in [-0.2, -0.15) is 0 Å². The van der Waals surface area contributed by atoms with Crippen molar-refractivity contribution in [3.63, 3.8) is 0 Å². The summed E-state index contributed by atoms with van der Waals surface area (Å²) in [6.07, 6.45) is -1.10. The van der Waals surface area contributed by atoms with Crippen LogP contribution in [0.5, 0.6) is 0 Å². The summed E-state index contributed by atoms with van der Waals surface area (Å²) in [6.45, 7) is 5.93. The van der Waals surface area contributed by atoms with E-state index in [1.54, 1.807) is 25.5 Å². The largest absolute Gasteiger partial charge is 0.444 e. The normalized spacial score (nSPS) is 12.0. The predicted molar refractivity (Wildman–Crippen MR) is 79.3 cm³/mol. The van der Waals surface area contributed by atoms with E-state index in [-0.39, 0.29) is 0 Å². The number of halogens is 3. The summed E-state index contributed by atoms with van der Waals surface area (Å²) in [5, 5.41) is 1.90. The monoisotopic (exact) mass is 354 g/mol. The minimum Gasteiger partial charge on any atom is -0.444 e. The fourth-order valence-electron chi connectivity index (χ4n) is 1.42. The predicted octanol–water partition coefficient (Wildman–Crippen LogP) is 3.21. The summed E-state index contributed by atoms with van der Waals surface area (Å²) in [7, 11) is -3.92. The number of hydrogen-bond acceptors (Lipinski definition) is 4. The van der Waals surface area contributed by atoms with Crippen LogP contribution in [0.1, 0.15) is 27.7 Å². The van der Waals surface area contributed by atoms with Gasteiger partial charge in [0.1, 0.15) is 5.60 Å². The van der Waals surface area contributed by atoms with E-state index in [9.17, 15) is 26.4 Å². The van der Waals surface area contributed by atoms with E-state index in [1.165, 1.54) is 6.92 Å². The Morgan fingerprint density at radius 1 is 1.13 bits per heavy atom. The molecule has 0 aliphatic rings. The van der Waals surface area contributed by atoms with Crippen LogP contribution in [0.2, 0.25) is 0 Å². The van der Waals surface area contributed by atoms with Crippen molar-refractivity contribution in [2.24, 2.45) is 0 Å². The highest BCUT2D eigenvalue weighted by Gasteiger charge is 2.24. The van der Waals surface area contributed by atoms with E-state index >= 15 is 0 Å². The third-order valence-corrected chi connectivity index (χ3v) is 3.72. The second-order valence-electron chi connectivity index (χ2n) is 5.55. The number of ether oxygens (including phenoxy) is 1. The van der Waals surface area contributed by atoms with Gasteiger partial charge < -0.3 is 4.74 Å². The lowest BCUT2D eigenvalue weighted by Gasteiger charge is -2.20. The van der Waals surface area contributed by atoms with Crippen molar-refractivity contribution in [3.05, 3.63) is 23.5 Å². The molecule has 1 aromatic rings. The van der Waals surface area contributed by atoms with E-state index in [0.29, 0.717) is 6.07 Å². The van der Waals surface area contributed by atoms with Crippen molar-refractivity contribution in [1.82, 2.24) is 0 Å². The van der Waals surface area contributed by atoms with Crippen LogP contribution < -0.4 is 10.0 Å². The Bertz CT molecular complexity index is 715. The molecular formula is C13H17F3N2O4S. The first-order chi connectivity index (χ1) is 10.4. The third-order valence-electron chi connectivity index (χ3n) is 2.43. The zero-order chi connectivity index (χ0) is 18.0. The third kappa shape index (κ3) is 5.31. The van der Waals surface area contributed by atoms with Gasteiger partial charge in [0, 0.05) is 0 Å². The van der Waals surface area contributed by atoms with Crippen LogP contribution in [0, 0.1) is 17.5 Å². The van der Waals surface area contributed by atoms with Crippen molar-refractivity contribution < 1.29 is 31.1 Å². The van der Waals surface area contributed by atoms with E-state index in [4.69, 9.17) is 4.74 Å². The average molecular weight is 354 g/mol. The minimum atomic E-state index is -3.92. The molecule has 2 N–H and O–H groups in total. The number of anilines is 2. The second kappa shape index (κ2) is 6.65. The van der Waals surface area contributed by atoms with E-state index in [2.05, 4.69) is 0 Å². The fraction of sp³-hybridized carbons (Fsp3) is 0.462. The molecule has 6 nitrogen and oxygen atoms in total. The van der Waals surface area contributed by atoms with Gasteiger partial charge >= 0.3 is 6.09 Å². The van der Waals surface area contributed by atoms with Gasteiger partial charge in [0.15, 0.2) is 17.5 Å². The molecule has 1 rings (SSSR count). The Kier molecular flexibility index (Phi) is 5.51. The van der Waals surface area contributed by atoms with Crippen LogP contribution in [-0.2, 0) is 14.8 Å². The number of sulfonamides is 1. The quantitative estimate of drug-likeness (QED) is 0.813. The SMILES string of the molecule is CCS(=O)(=O)Nc1cc(NC(=O)OC(C)(C)C)c(F)c(F)c1F. The Morgan fingerprint density at radius 2 is 1.65 bits per heavy atom. The molecule has 0 bridgehead atoms. The highest BCUT2D eigenvalue weighted by molar-refractivity contribution is 7.92. The molecule has 1 aromatic carbocycles. The van der Waals surface area contributed by atoms with Crippen molar-refractivity contribution in [1.29, 1.82) is 0 Å². The molecule has 0 aliphatic heterocycles. The highest BCUT2D eigenvalue weighted by atomic mass is 32.2. The van der Waals surface area contributed by atoms with Crippen LogP contribution >= 0.6 is 0 Å². The van der Waals surface area contributed by atoms with E-state index in [1.807, 2.05) is 5.32 Å². The summed E-state index contributed by atoms with van der Waals surface area (Å²) in [5.74, 6) is -5.71. The molecule has 0 atom stereocenters. The van der Waals surface area contributed by atoms with Gasteiger partial charge in [-0.15, -0.1) is 0 Å². The van der Waals surface area contributed by atoms with Crippen molar-refractivity contribution in [2.75, 3.05) is 15.8 Å². The van der Waals surface area contributed by atoms with Gasteiger partial charge in [-0.05, 0) is 33.8 Å². The highest BCUT2D eigenvalue weighted by Crippen LogP contribution is 2.28. The molecule has 23 heavy (non-hydrogen) atoms. The van der Waals surface area contributed by atoms with Crippen molar-refractivity contribution in [3.8, 4) is 0 Å². The van der Waals surface area contributed by atoms with Crippen LogP contribution in [0.4, 0.5) is 29.3 Å². The molecule has 0 saturated heterocycles. The molecule has 130 valence electrons. The van der Waals surface area contributed by atoms with Crippen LogP contribution in [-0.4, -0.2) is 25.9 Å². The van der Waals surface area contributed by atoms with Crippen LogP contribution in [0.25, 0.3) is 0 Å².